The molecule has 0 aliphatic carbocycles. The molecule has 1 aliphatic heterocycles. The molecular weight excluding hydrogens is 461 g/mol. The number of piperazine rings is 1. The van der Waals surface area contributed by atoms with E-state index >= 15 is 0 Å². The van der Waals surface area contributed by atoms with Crippen LogP contribution in [0.25, 0.3) is 17.0 Å². The van der Waals surface area contributed by atoms with Crippen LogP contribution in [0.15, 0.2) is 71.3 Å². The van der Waals surface area contributed by atoms with Gasteiger partial charge in [0.2, 0.25) is 0 Å². The van der Waals surface area contributed by atoms with Crippen molar-refractivity contribution in [1.29, 1.82) is 0 Å². The van der Waals surface area contributed by atoms with Crippen molar-refractivity contribution < 1.29 is 9.18 Å². The molecule has 31 heavy (non-hydrogen) atoms. The predicted octanol–water partition coefficient (Wildman–Crippen LogP) is 4.26. The first-order valence-electron chi connectivity index (χ1n) is 10.0. The zero-order valence-electron chi connectivity index (χ0n) is 16.6. The van der Waals surface area contributed by atoms with Gasteiger partial charge in [0.05, 0.1) is 5.69 Å². The number of hydrogen-bond donors (Lipinski definition) is 0. The molecule has 156 valence electrons. The maximum absolute atomic E-state index is 14.1. The number of anilines is 1. The Morgan fingerprint density at radius 1 is 0.935 bits per heavy atom. The van der Waals surface area contributed by atoms with Crippen LogP contribution in [0.4, 0.5) is 10.1 Å². The average Bonchev–Trinajstić information content (AvgIpc) is 3.22. The van der Waals surface area contributed by atoms with Gasteiger partial charge in [0.25, 0.3) is 5.91 Å². The van der Waals surface area contributed by atoms with Crippen LogP contribution in [0.1, 0.15) is 10.4 Å². The molecule has 0 bridgehead atoms. The first kappa shape index (κ1) is 19.7. The fourth-order valence-corrected chi connectivity index (χ4v) is 4.35. The highest BCUT2D eigenvalue weighted by Gasteiger charge is 2.24. The van der Waals surface area contributed by atoms with E-state index < -0.39 is 0 Å². The number of hydrogen-bond acceptors (Lipinski definition) is 4. The van der Waals surface area contributed by atoms with Gasteiger partial charge in [0.15, 0.2) is 11.5 Å². The second-order valence-electron chi connectivity index (χ2n) is 7.38. The summed E-state index contributed by atoms with van der Waals surface area (Å²) < 4.78 is 16.8. The van der Waals surface area contributed by atoms with Crippen LogP contribution in [0.5, 0.6) is 0 Å². The lowest BCUT2D eigenvalue weighted by Crippen LogP contribution is -2.49. The number of pyridine rings is 1. The van der Waals surface area contributed by atoms with Crippen molar-refractivity contribution in [3.63, 3.8) is 0 Å². The van der Waals surface area contributed by atoms with Crippen LogP contribution < -0.4 is 4.90 Å². The Kier molecular flexibility index (Phi) is 5.15. The van der Waals surface area contributed by atoms with E-state index in [-0.39, 0.29) is 11.7 Å². The smallest absolute Gasteiger partial charge is 0.254 e. The Morgan fingerprint density at radius 3 is 2.45 bits per heavy atom. The number of carbonyl (C=O) groups is 1. The number of benzene rings is 2. The molecule has 1 fully saturated rings. The zero-order chi connectivity index (χ0) is 21.4. The molecule has 0 spiro atoms. The number of carbonyl (C=O) groups excluding carboxylic acids is 1. The van der Waals surface area contributed by atoms with Gasteiger partial charge in [-0.3, -0.25) is 9.20 Å². The Balaban J connectivity index is 1.34. The van der Waals surface area contributed by atoms with Crippen molar-refractivity contribution in [2.24, 2.45) is 0 Å². The summed E-state index contributed by atoms with van der Waals surface area (Å²) in [7, 11) is 0. The second kappa shape index (κ2) is 8.11. The van der Waals surface area contributed by atoms with E-state index in [0.29, 0.717) is 48.9 Å². The summed E-state index contributed by atoms with van der Waals surface area (Å²) in [6, 6.07) is 18.1. The van der Waals surface area contributed by atoms with Gasteiger partial charge in [0.1, 0.15) is 5.82 Å². The second-order valence-corrected chi connectivity index (χ2v) is 8.23. The van der Waals surface area contributed by atoms with E-state index in [2.05, 4.69) is 26.1 Å². The summed E-state index contributed by atoms with van der Waals surface area (Å²) in [6.45, 7) is 2.25. The van der Waals surface area contributed by atoms with E-state index in [1.54, 1.807) is 29.2 Å². The van der Waals surface area contributed by atoms with E-state index in [1.807, 2.05) is 45.8 Å². The summed E-state index contributed by atoms with van der Waals surface area (Å²) in [6.07, 6.45) is 1.83. The first-order chi connectivity index (χ1) is 15.1. The molecule has 3 heterocycles. The van der Waals surface area contributed by atoms with Crippen LogP contribution in [-0.2, 0) is 0 Å². The maximum Gasteiger partial charge on any atom is 0.254 e. The van der Waals surface area contributed by atoms with Crippen LogP contribution >= 0.6 is 15.9 Å². The molecule has 4 aromatic rings. The fourth-order valence-electron chi connectivity index (χ4n) is 3.89. The summed E-state index contributed by atoms with van der Waals surface area (Å²) >= 11 is 3.55. The third-order valence-electron chi connectivity index (χ3n) is 5.53. The van der Waals surface area contributed by atoms with E-state index in [1.165, 1.54) is 6.07 Å². The predicted molar refractivity (Wildman–Crippen MR) is 121 cm³/mol. The summed E-state index contributed by atoms with van der Waals surface area (Å²) in [4.78, 5) is 16.8. The number of aromatic nitrogens is 3. The first-order valence-corrected chi connectivity index (χ1v) is 10.8. The van der Waals surface area contributed by atoms with Gasteiger partial charge in [-0.2, -0.15) is 0 Å². The van der Waals surface area contributed by atoms with Gasteiger partial charge in [-0.25, -0.2) is 4.39 Å². The Bertz CT molecular complexity index is 1270. The highest BCUT2D eigenvalue weighted by atomic mass is 79.9. The average molecular weight is 480 g/mol. The molecule has 0 radical (unpaired) electrons. The minimum absolute atomic E-state index is 0.0545. The van der Waals surface area contributed by atoms with Crippen molar-refractivity contribution >= 4 is 33.2 Å². The van der Waals surface area contributed by atoms with Gasteiger partial charge in [-0.1, -0.05) is 46.3 Å². The fraction of sp³-hybridized carbons (Fsp3) is 0.174. The molecule has 1 aliphatic rings. The van der Waals surface area contributed by atoms with Gasteiger partial charge >= 0.3 is 0 Å². The highest BCUT2D eigenvalue weighted by Crippen LogP contribution is 2.27. The number of halogens is 2. The molecule has 1 saturated heterocycles. The minimum atomic E-state index is -0.236. The molecule has 0 unspecified atom stereocenters. The molecule has 1 amide bonds. The monoisotopic (exact) mass is 479 g/mol. The Morgan fingerprint density at radius 2 is 1.68 bits per heavy atom. The molecule has 2 aromatic heterocycles. The SMILES string of the molecule is O=C(c1ccn2c(-c3ccccc3Br)nnc2c1)N1CCN(c2ccccc2F)CC1. The number of para-hydroxylation sites is 1. The van der Waals surface area contributed by atoms with E-state index in [9.17, 15) is 9.18 Å². The molecule has 0 atom stereocenters. The quantitative estimate of drug-likeness (QED) is 0.440. The van der Waals surface area contributed by atoms with Crippen molar-refractivity contribution in [2.45, 2.75) is 0 Å². The van der Waals surface area contributed by atoms with Crippen molar-refractivity contribution in [1.82, 2.24) is 19.5 Å². The topological polar surface area (TPSA) is 53.7 Å². The third kappa shape index (κ3) is 3.67. The van der Waals surface area contributed by atoms with Crippen LogP contribution in [-0.4, -0.2) is 51.6 Å². The highest BCUT2D eigenvalue weighted by molar-refractivity contribution is 9.10. The number of fused-ring (bicyclic) bond motifs is 1. The Hall–Kier alpha value is -3.26. The Labute approximate surface area is 187 Å². The maximum atomic E-state index is 14.1. The molecule has 2 aromatic carbocycles. The van der Waals surface area contributed by atoms with Crippen LogP contribution in [0.2, 0.25) is 0 Å². The standard InChI is InChI=1S/C23H19BrFN5O/c24-18-6-2-1-5-17(18)22-27-26-21-15-16(9-10-30(21)22)23(31)29-13-11-28(12-14-29)20-8-4-3-7-19(20)25/h1-10,15H,11-14H2. The molecule has 6 nitrogen and oxygen atoms in total. The van der Waals surface area contributed by atoms with Gasteiger partial charge in [0, 0.05) is 48.0 Å². The van der Waals surface area contributed by atoms with Crippen molar-refractivity contribution in [2.75, 3.05) is 31.1 Å². The molecule has 5 rings (SSSR count). The zero-order valence-corrected chi connectivity index (χ0v) is 18.2. The van der Waals surface area contributed by atoms with E-state index in [4.69, 9.17) is 0 Å². The molecule has 0 saturated carbocycles. The lowest BCUT2D eigenvalue weighted by atomic mass is 10.2. The normalized spacial score (nSPS) is 14.3. The number of nitrogens with zero attached hydrogens (tertiary/aromatic N) is 5. The number of rotatable bonds is 3. The minimum Gasteiger partial charge on any atom is -0.366 e. The van der Waals surface area contributed by atoms with E-state index in [0.717, 1.165) is 10.0 Å². The number of amides is 1. The van der Waals surface area contributed by atoms with Crippen molar-refractivity contribution in [3.05, 3.63) is 82.7 Å². The van der Waals surface area contributed by atoms with Gasteiger partial charge in [-0.15, -0.1) is 10.2 Å². The lowest BCUT2D eigenvalue weighted by molar-refractivity contribution is 0.0746. The van der Waals surface area contributed by atoms with Crippen molar-refractivity contribution in [3.8, 4) is 11.4 Å². The molecule has 8 heteroatoms. The molecule has 0 N–H and O–H groups in total. The lowest BCUT2D eigenvalue weighted by Gasteiger charge is -2.36. The molecular formula is C23H19BrFN5O. The van der Waals surface area contributed by atoms with Crippen LogP contribution in [0.3, 0.4) is 0 Å². The van der Waals surface area contributed by atoms with Crippen LogP contribution in [0, 0.1) is 5.82 Å². The van der Waals surface area contributed by atoms with Gasteiger partial charge in [-0.05, 0) is 30.3 Å². The summed E-state index contributed by atoms with van der Waals surface area (Å²) in [5, 5.41) is 8.56. The third-order valence-corrected chi connectivity index (χ3v) is 6.22. The summed E-state index contributed by atoms with van der Waals surface area (Å²) in [5.74, 6) is 0.418. The largest absolute Gasteiger partial charge is 0.366 e. The van der Waals surface area contributed by atoms with Gasteiger partial charge < -0.3 is 9.80 Å². The summed E-state index contributed by atoms with van der Waals surface area (Å²) in [5.41, 5.74) is 2.69.